The van der Waals surface area contributed by atoms with Crippen molar-refractivity contribution in [3.63, 3.8) is 0 Å². The Morgan fingerprint density at radius 1 is 1.14 bits per heavy atom. The number of aryl methyl sites for hydroxylation is 1. The standard InChI is InChI=1S/C21H20ClN3O4/c22-15-7-8-18-17(10-15)25(21(28)13-29-18)12-19(26)23-11-20(27)24-9-3-5-14-4-1-2-6-16(14)24/h1-2,4,6-8,10H,3,5,9,11-13H2,(H,23,26). The molecule has 0 bridgehead atoms. The van der Waals surface area contributed by atoms with Crippen molar-refractivity contribution < 1.29 is 19.1 Å². The van der Waals surface area contributed by atoms with Gasteiger partial charge in [-0.3, -0.25) is 19.3 Å². The molecule has 7 nitrogen and oxygen atoms in total. The Morgan fingerprint density at radius 2 is 1.97 bits per heavy atom. The van der Waals surface area contributed by atoms with Crippen LogP contribution in [0.25, 0.3) is 0 Å². The van der Waals surface area contributed by atoms with Crippen LogP contribution in [0, 0.1) is 0 Å². The third kappa shape index (κ3) is 4.05. The zero-order valence-electron chi connectivity index (χ0n) is 15.7. The Kier molecular flexibility index (Phi) is 5.40. The third-order valence-corrected chi connectivity index (χ3v) is 5.25. The molecule has 0 aliphatic carbocycles. The van der Waals surface area contributed by atoms with E-state index in [9.17, 15) is 14.4 Å². The van der Waals surface area contributed by atoms with Crippen LogP contribution in [-0.2, 0) is 20.8 Å². The maximum absolute atomic E-state index is 12.7. The van der Waals surface area contributed by atoms with Crippen molar-refractivity contribution in [2.45, 2.75) is 12.8 Å². The minimum absolute atomic E-state index is 0.131. The van der Waals surface area contributed by atoms with Crippen molar-refractivity contribution >= 4 is 40.7 Å². The van der Waals surface area contributed by atoms with Crippen LogP contribution in [0.3, 0.4) is 0 Å². The largest absolute Gasteiger partial charge is 0.482 e. The van der Waals surface area contributed by atoms with Crippen LogP contribution in [0.15, 0.2) is 42.5 Å². The van der Waals surface area contributed by atoms with Gasteiger partial charge in [0.1, 0.15) is 12.3 Å². The maximum Gasteiger partial charge on any atom is 0.265 e. The number of ether oxygens (including phenoxy) is 1. The van der Waals surface area contributed by atoms with Gasteiger partial charge in [-0.2, -0.15) is 0 Å². The van der Waals surface area contributed by atoms with Gasteiger partial charge in [0.25, 0.3) is 5.91 Å². The second-order valence-electron chi connectivity index (χ2n) is 6.93. The lowest BCUT2D eigenvalue weighted by atomic mass is 10.0. The Balaban J connectivity index is 1.39. The first-order valence-corrected chi connectivity index (χ1v) is 9.78. The van der Waals surface area contributed by atoms with Crippen LogP contribution in [0.1, 0.15) is 12.0 Å². The Bertz CT molecular complexity index is 978. The molecule has 29 heavy (non-hydrogen) atoms. The van der Waals surface area contributed by atoms with E-state index in [4.69, 9.17) is 16.3 Å². The number of benzene rings is 2. The fourth-order valence-electron chi connectivity index (χ4n) is 3.61. The highest BCUT2D eigenvalue weighted by Gasteiger charge is 2.28. The number of anilines is 2. The summed E-state index contributed by atoms with van der Waals surface area (Å²) in [5.74, 6) is -0.457. The molecule has 8 heteroatoms. The number of nitrogens with one attached hydrogen (secondary N) is 1. The molecule has 0 saturated heterocycles. The second kappa shape index (κ2) is 8.13. The third-order valence-electron chi connectivity index (χ3n) is 5.01. The molecule has 0 radical (unpaired) electrons. The van der Waals surface area contributed by atoms with Gasteiger partial charge in [-0.05, 0) is 42.7 Å². The lowest BCUT2D eigenvalue weighted by molar-refractivity contribution is -0.126. The first-order chi connectivity index (χ1) is 14.0. The van der Waals surface area contributed by atoms with Gasteiger partial charge in [-0.15, -0.1) is 0 Å². The molecule has 0 aromatic heterocycles. The van der Waals surface area contributed by atoms with E-state index >= 15 is 0 Å². The molecule has 0 fully saturated rings. The number of nitrogens with zero attached hydrogens (tertiary/aromatic N) is 2. The van der Waals surface area contributed by atoms with E-state index in [0.717, 1.165) is 24.1 Å². The average molecular weight is 414 g/mol. The van der Waals surface area contributed by atoms with Crippen molar-refractivity contribution in [2.24, 2.45) is 0 Å². The van der Waals surface area contributed by atoms with Crippen molar-refractivity contribution in [3.8, 4) is 5.75 Å². The summed E-state index contributed by atoms with van der Waals surface area (Å²) in [4.78, 5) is 40.3. The molecule has 0 spiro atoms. The van der Waals surface area contributed by atoms with Crippen molar-refractivity contribution in [1.29, 1.82) is 0 Å². The first-order valence-electron chi connectivity index (χ1n) is 9.40. The van der Waals surface area contributed by atoms with E-state index in [2.05, 4.69) is 5.32 Å². The first kappa shape index (κ1) is 19.3. The average Bonchev–Trinajstić information content (AvgIpc) is 2.73. The summed E-state index contributed by atoms with van der Waals surface area (Å²) in [7, 11) is 0. The number of amides is 3. The number of para-hydroxylation sites is 1. The van der Waals surface area contributed by atoms with Crippen molar-refractivity contribution in [1.82, 2.24) is 5.32 Å². The smallest absolute Gasteiger partial charge is 0.265 e. The van der Waals surface area contributed by atoms with Gasteiger partial charge >= 0.3 is 0 Å². The zero-order chi connectivity index (χ0) is 20.4. The number of fused-ring (bicyclic) bond motifs is 2. The summed E-state index contributed by atoms with van der Waals surface area (Å²) in [6, 6.07) is 12.7. The molecule has 2 heterocycles. The second-order valence-corrected chi connectivity index (χ2v) is 7.37. The number of carbonyl (C=O) groups excluding carboxylic acids is 3. The van der Waals surface area contributed by atoms with Gasteiger partial charge in [-0.25, -0.2) is 0 Å². The highest BCUT2D eigenvalue weighted by Crippen LogP contribution is 2.34. The van der Waals surface area contributed by atoms with Crippen LogP contribution >= 0.6 is 11.6 Å². The molecule has 3 amide bonds. The lowest BCUT2D eigenvalue weighted by Crippen LogP contribution is -2.48. The summed E-state index contributed by atoms with van der Waals surface area (Å²) in [5, 5.41) is 3.06. The van der Waals surface area contributed by atoms with Crippen LogP contribution in [-0.4, -0.2) is 44.0 Å². The molecule has 2 aromatic rings. The van der Waals surface area contributed by atoms with Crippen LogP contribution in [0.2, 0.25) is 5.02 Å². The Morgan fingerprint density at radius 3 is 2.83 bits per heavy atom. The summed E-state index contributed by atoms with van der Waals surface area (Å²) in [6.45, 7) is 0.137. The molecule has 150 valence electrons. The van der Waals surface area contributed by atoms with Crippen LogP contribution in [0.4, 0.5) is 11.4 Å². The van der Waals surface area contributed by atoms with Gasteiger partial charge in [0.2, 0.25) is 11.8 Å². The van der Waals surface area contributed by atoms with Gasteiger partial charge in [0.15, 0.2) is 6.61 Å². The van der Waals surface area contributed by atoms with E-state index in [1.54, 1.807) is 23.1 Å². The molecular formula is C21H20ClN3O4. The highest BCUT2D eigenvalue weighted by molar-refractivity contribution is 6.31. The number of halogens is 1. The SMILES string of the molecule is O=C(CN1C(=O)COc2ccc(Cl)cc21)NCC(=O)N1CCCc2ccccc21. The predicted octanol–water partition coefficient (Wildman–Crippen LogP) is 2.16. The predicted molar refractivity (Wildman–Crippen MR) is 109 cm³/mol. The molecule has 1 N–H and O–H groups in total. The van der Waals surface area contributed by atoms with Gasteiger partial charge in [0, 0.05) is 17.3 Å². The monoisotopic (exact) mass is 413 g/mol. The van der Waals surface area contributed by atoms with Gasteiger partial charge < -0.3 is 15.0 Å². The summed E-state index contributed by atoms with van der Waals surface area (Å²) in [5.41, 5.74) is 2.47. The number of hydrogen-bond donors (Lipinski definition) is 1. The number of carbonyl (C=O) groups is 3. The summed E-state index contributed by atoms with van der Waals surface area (Å²) >= 11 is 6.01. The molecule has 2 aromatic carbocycles. The van der Waals surface area contributed by atoms with Crippen LogP contribution in [0.5, 0.6) is 5.75 Å². The van der Waals surface area contributed by atoms with Gasteiger partial charge in [-0.1, -0.05) is 29.8 Å². The van der Waals surface area contributed by atoms with Crippen molar-refractivity contribution in [2.75, 3.05) is 36.0 Å². The number of hydrogen-bond acceptors (Lipinski definition) is 4. The molecule has 4 rings (SSSR count). The van der Waals surface area contributed by atoms with E-state index in [1.807, 2.05) is 24.3 Å². The van der Waals surface area contributed by atoms with Crippen LogP contribution < -0.4 is 19.9 Å². The van der Waals surface area contributed by atoms with E-state index in [-0.39, 0.29) is 31.5 Å². The minimum Gasteiger partial charge on any atom is -0.482 e. The van der Waals surface area contributed by atoms with E-state index in [0.29, 0.717) is 23.0 Å². The minimum atomic E-state index is -0.426. The lowest BCUT2D eigenvalue weighted by Gasteiger charge is -2.30. The Hall–Kier alpha value is -3.06. The topological polar surface area (TPSA) is 79.0 Å². The molecule has 0 atom stereocenters. The zero-order valence-corrected chi connectivity index (χ0v) is 16.4. The number of rotatable bonds is 4. The summed E-state index contributed by atoms with van der Waals surface area (Å²) in [6.07, 6.45) is 1.82. The maximum atomic E-state index is 12.7. The molecule has 2 aliphatic heterocycles. The normalized spacial score (nSPS) is 15.3. The van der Waals surface area contributed by atoms with E-state index in [1.165, 1.54) is 4.90 Å². The summed E-state index contributed by atoms with van der Waals surface area (Å²) < 4.78 is 5.37. The molecule has 0 unspecified atom stereocenters. The quantitative estimate of drug-likeness (QED) is 0.833. The fraction of sp³-hybridized carbons (Fsp3) is 0.286. The van der Waals surface area contributed by atoms with E-state index < -0.39 is 5.91 Å². The Labute approximate surface area is 173 Å². The highest BCUT2D eigenvalue weighted by atomic mass is 35.5. The fourth-order valence-corrected chi connectivity index (χ4v) is 3.78. The molecular weight excluding hydrogens is 394 g/mol. The molecule has 2 aliphatic rings. The van der Waals surface area contributed by atoms with Gasteiger partial charge in [0.05, 0.1) is 12.2 Å². The van der Waals surface area contributed by atoms with Crippen molar-refractivity contribution in [3.05, 3.63) is 53.1 Å². The molecule has 0 saturated carbocycles.